The lowest BCUT2D eigenvalue weighted by Crippen LogP contribution is -2.62. The molecule has 0 radical (unpaired) electrons. The smallest absolute Gasteiger partial charge is 0.254 e. The second kappa shape index (κ2) is 5.22. The van der Waals surface area contributed by atoms with Gasteiger partial charge in [0.1, 0.15) is 0 Å². The van der Waals surface area contributed by atoms with Crippen LogP contribution in [0.25, 0.3) is 0 Å². The van der Waals surface area contributed by atoms with Crippen LogP contribution in [-0.2, 0) is 9.59 Å². The Morgan fingerprint density at radius 2 is 1.67 bits per heavy atom. The zero-order chi connectivity index (χ0) is 17.0. The Kier molecular flexibility index (Phi) is 3.26. The molecule has 1 saturated carbocycles. The Morgan fingerprint density at radius 3 is 2.25 bits per heavy atom. The monoisotopic (exact) mass is 330 g/mol. The topological polar surface area (TPSA) is 76.2 Å². The Labute approximate surface area is 139 Å². The molecule has 0 bridgehead atoms. The number of carbonyl (C=O) groups excluding carboxylic acids is 3. The largest absolute Gasteiger partial charge is 0.493 e. The Balaban J connectivity index is 1.43. The fourth-order valence-corrected chi connectivity index (χ4v) is 3.50. The molecule has 0 N–H and O–H groups in total. The molecule has 2 saturated heterocycles. The molecule has 2 heterocycles. The van der Waals surface area contributed by atoms with Crippen LogP contribution in [0, 0.1) is 11.8 Å². The van der Waals surface area contributed by atoms with Crippen LogP contribution >= 0.6 is 0 Å². The van der Waals surface area contributed by atoms with E-state index >= 15 is 0 Å². The van der Waals surface area contributed by atoms with Gasteiger partial charge < -0.3 is 14.4 Å². The molecular formula is C17H18N2O5. The lowest BCUT2D eigenvalue weighted by molar-refractivity contribution is -0.147. The van der Waals surface area contributed by atoms with Gasteiger partial charge in [0.2, 0.25) is 11.8 Å². The van der Waals surface area contributed by atoms with E-state index in [0.717, 1.165) is 0 Å². The van der Waals surface area contributed by atoms with E-state index in [-0.39, 0.29) is 35.6 Å². The highest BCUT2D eigenvalue weighted by Crippen LogP contribution is 2.48. The number of rotatable bonds is 4. The number of likely N-dealkylation sites (tertiary alicyclic amines) is 2. The molecular weight excluding hydrogens is 312 g/mol. The number of carbonyl (C=O) groups is 3. The molecule has 1 aromatic carbocycles. The number of methoxy groups -OCH3 is 2. The second-order valence-electron chi connectivity index (χ2n) is 6.43. The molecule has 2 unspecified atom stereocenters. The van der Waals surface area contributed by atoms with E-state index in [2.05, 4.69) is 0 Å². The zero-order valence-corrected chi connectivity index (χ0v) is 13.5. The van der Waals surface area contributed by atoms with Crippen molar-refractivity contribution in [3.63, 3.8) is 0 Å². The number of amides is 3. The molecule has 3 amide bonds. The third kappa shape index (κ3) is 2.07. The van der Waals surface area contributed by atoms with Crippen molar-refractivity contribution in [1.82, 2.24) is 9.80 Å². The highest BCUT2D eigenvalue weighted by atomic mass is 16.5. The van der Waals surface area contributed by atoms with E-state index < -0.39 is 0 Å². The van der Waals surface area contributed by atoms with Gasteiger partial charge >= 0.3 is 0 Å². The summed E-state index contributed by atoms with van der Waals surface area (Å²) in [5, 5.41) is 0. The molecule has 7 heteroatoms. The van der Waals surface area contributed by atoms with Crippen molar-refractivity contribution in [2.75, 3.05) is 27.3 Å². The number of imide groups is 1. The number of piperidine rings is 1. The van der Waals surface area contributed by atoms with Gasteiger partial charge in [0, 0.05) is 18.7 Å². The SMILES string of the molecule is COc1ccc(C(=O)N2CC(N3C(=O)C4CC4C3=O)C2)cc1OC. The van der Waals surface area contributed by atoms with Gasteiger partial charge in [-0.2, -0.15) is 0 Å². The van der Waals surface area contributed by atoms with Crippen molar-refractivity contribution >= 4 is 17.7 Å². The van der Waals surface area contributed by atoms with Crippen molar-refractivity contribution < 1.29 is 23.9 Å². The average Bonchev–Trinajstić information content (AvgIpc) is 3.31. The molecule has 7 nitrogen and oxygen atoms in total. The number of hydrogen-bond donors (Lipinski definition) is 0. The summed E-state index contributed by atoms with van der Waals surface area (Å²) in [5.74, 6) is 0.604. The van der Waals surface area contributed by atoms with Crippen LogP contribution in [-0.4, -0.2) is 60.9 Å². The van der Waals surface area contributed by atoms with E-state index in [1.165, 1.54) is 19.1 Å². The van der Waals surface area contributed by atoms with Gasteiger partial charge in [0.25, 0.3) is 5.91 Å². The zero-order valence-electron chi connectivity index (χ0n) is 13.5. The third-order valence-electron chi connectivity index (χ3n) is 5.04. The molecule has 24 heavy (non-hydrogen) atoms. The van der Waals surface area contributed by atoms with Crippen LogP contribution in [0.2, 0.25) is 0 Å². The number of benzene rings is 1. The second-order valence-corrected chi connectivity index (χ2v) is 6.43. The Hall–Kier alpha value is -2.57. The third-order valence-corrected chi connectivity index (χ3v) is 5.04. The van der Waals surface area contributed by atoms with E-state index in [4.69, 9.17) is 9.47 Å². The first kappa shape index (κ1) is 15.0. The molecule has 2 aliphatic heterocycles. The van der Waals surface area contributed by atoms with Crippen LogP contribution in [0.4, 0.5) is 0 Å². The van der Waals surface area contributed by atoms with Crippen LogP contribution < -0.4 is 9.47 Å². The number of hydrogen-bond acceptors (Lipinski definition) is 5. The first-order valence-corrected chi connectivity index (χ1v) is 7.93. The Bertz CT molecular complexity index is 720. The van der Waals surface area contributed by atoms with Gasteiger partial charge in [0.05, 0.1) is 32.1 Å². The normalized spacial score (nSPS) is 25.4. The highest BCUT2D eigenvalue weighted by Gasteiger charge is 2.61. The summed E-state index contributed by atoms with van der Waals surface area (Å²) >= 11 is 0. The molecule has 126 valence electrons. The van der Waals surface area contributed by atoms with Crippen molar-refractivity contribution in [2.24, 2.45) is 11.8 Å². The van der Waals surface area contributed by atoms with Crippen LogP contribution in [0.15, 0.2) is 18.2 Å². The maximum Gasteiger partial charge on any atom is 0.254 e. The average molecular weight is 330 g/mol. The summed E-state index contributed by atoms with van der Waals surface area (Å²) < 4.78 is 10.4. The van der Waals surface area contributed by atoms with Crippen LogP contribution in [0.1, 0.15) is 16.8 Å². The minimum atomic E-state index is -0.179. The number of fused-ring (bicyclic) bond motifs is 1. The van der Waals surface area contributed by atoms with Crippen molar-refractivity contribution in [3.8, 4) is 11.5 Å². The van der Waals surface area contributed by atoms with E-state index in [0.29, 0.717) is 36.6 Å². The van der Waals surface area contributed by atoms with Crippen molar-refractivity contribution in [2.45, 2.75) is 12.5 Å². The quantitative estimate of drug-likeness (QED) is 0.753. The van der Waals surface area contributed by atoms with Gasteiger partial charge in [-0.1, -0.05) is 0 Å². The summed E-state index contributed by atoms with van der Waals surface area (Å²) in [6.07, 6.45) is 0.704. The first-order valence-electron chi connectivity index (χ1n) is 7.93. The van der Waals surface area contributed by atoms with Crippen molar-refractivity contribution in [1.29, 1.82) is 0 Å². The van der Waals surface area contributed by atoms with Crippen molar-refractivity contribution in [3.05, 3.63) is 23.8 Å². The summed E-state index contributed by atoms with van der Waals surface area (Å²) in [4.78, 5) is 39.7. The molecule has 1 aromatic rings. The van der Waals surface area contributed by atoms with E-state index in [1.807, 2.05) is 0 Å². The van der Waals surface area contributed by atoms with Gasteiger partial charge in [-0.25, -0.2) is 0 Å². The highest BCUT2D eigenvalue weighted by molar-refractivity contribution is 6.09. The maximum atomic E-state index is 12.5. The van der Waals surface area contributed by atoms with Gasteiger partial charge in [-0.3, -0.25) is 19.3 Å². The molecule has 2 atom stereocenters. The van der Waals surface area contributed by atoms with Gasteiger partial charge in [-0.15, -0.1) is 0 Å². The fraction of sp³-hybridized carbons (Fsp3) is 0.471. The predicted octanol–water partition coefficient (Wildman–Crippen LogP) is 0.533. The molecule has 1 aliphatic carbocycles. The molecule has 3 aliphatic rings. The number of ether oxygens (including phenoxy) is 2. The summed E-state index contributed by atoms with van der Waals surface area (Å²) in [5.41, 5.74) is 0.494. The summed E-state index contributed by atoms with van der Waals surface area (Å²) in [6.45, 7) is 0.786. The minimum Gasteiger partial charge on any atom is -0.493 e. The molecule has 0 aromatic heterocycles. The van der Waals surface area contributed by atoms with Crippen LogP contribution in [0.3, 0.4) is 0 Å². The van der Waals surface area contributed by atoms with Crippen LogP contribution in [0.5, 0.6) is 11.5 Å². The van der Waals surface area contributed by atoms with E-state index in [9.17, 15) is 14.4 Å². The summed E-state index contributed by atoms with van der Waals surface area (Å²) in [6, 6.07) is 4.82. The van der Waals surface area contributed by atoms with Gasteiger partial charge in [0.15, 0.2) is 11.5 Å². The minimum absolute atomic E-state index is 0.0618. The standard InChI is InChI=1S/C17H18N2O5/c1-23-13-4-3-9(5-14(13)24-2)15(20)18-7-10(8-18)19-16(21)11-6-12(11)17(19)22/h3-5,10-12H,6-8H2,1-2H3. The number of nitrogens with zero attached hydrogens (tertiary/aromatic N) is 2. The van der Waals surface area contributed by atoms with E-state index in [1.54, 1.807) is 23.1 Å². The maximum absolute atomic E-state index is 12.5. The van der Waals surface area contributed by atoms with Gasteiger partial charge in [-0.05, 0) is 24.6 Å². The first-order chi connectivity index (χ1) is 11.5. The molecule has 3 fully saturated rings. The predicted molar refractivity (Wildman–Crippen MR) is 82.7 cm³/mol. The summed E-state index contributed by atoms with van der Waals surface area (Å²) in [7, 11) is 3.05. The lowest BCUT2D eigenvalue weighted by Gasteiger charge is -2.43. The Morgan fingerprint density at radius 1 is 1.04 bits per heavy atom. The lowest BCUT2D eigenvalue weighted by atomic mass is 10.0. The molecule has 0 spiro atoms. The fourth-order valence-electron chi connectivity index (χ4n) is 3.50. The molecule has 4 rings (SSSR count).